The summed E-state index contributed by atoms with van der Waals surface area (Å²) in [5, 5.41) is 20.3. The van der Waals surface area contributed by atoms with Crippen molar-refractivity contribution in [1.82, 2.24) is 0 Å². The lowest BCUT2D eigenvalue weighted by Crippen LogP contribution is -2.30. The fourth-order valence-corrected chi connectivity index (χ4v) is 10.9. The van der Waals surface area contributed by atoms with Crippen molar-refractivity contribution in [2.24, 2.45) is 0 Å². The van der Waals surface area contributed by atoms with E-state index in [-0.39, 0.29) is 10.8 Å². The number of rotatable bonds is 7. The Morgan fingerprint density at radius 2 is 0.682 bits per heavy atom. The number of fused-ring (bicyclic) bond motifs is 4. The van der Waals surface area contributed by atoms with Crippen LogP contribution in [0.1, 0.15) is 61.1 Å². The van der Waals surface area contributed by atoms with Crippen LogP contribution in [0.4, 0.5) is 34.1 Å². The molecule has 1 N–H and O–H groups in total. The molecule has 9 aromatic rings. The third kappa shape index (κ3) is 6.23. The number of nitriles is 1. The second-order valence-corrected chi connectivity index (χ2v) is 18.4. The number of nitrogens with one attached hydrogen (secondary N) is 1. The summed E-state index contributed by atoms with van der Waals surface area (Å²) in [4.78, 5) is 4.76. The van der Waals surface area contributed by atoms with Crippen molar-refractivity contribution in [3.8, 4) is 50.6 Å². The van der Waals surface area contributed by atoms with Crippen molar-refractivity contribution >= 4 is 40.3 Å². The van der Waals surface area contributed by atoms with Crippen LogP contribution >= 0.6 is 0 Å². The van der Waals surface area contributed by atoms with Crippen LogP contribution < -0.4 is 9.80 Å². The lowest BCUT2D eigenvalue weighted by atomic mass is 9.73. The topological polar surface area (TPSA) is 54.1 Å². The van der Waals surface area contributed by atoms with Gasteiger partial charge in [-0.15, -0.1) is 0 Å². The summed E-state index contributed by atoms with van der Waals surface area (Å²) in [5.74, 6) is 0. The molecule has 0 aromatic heterocycles. The molecule has 316 valence electrons. The Bertz CT molecular complexity index is 3280. The van der Waals surface area contributed by atoms with Gasteiger partial charge < -0.3 is 15.2 Å². The van der Waals surface area contributed by atoms with Crippen LogP contribution in [0.3, 0.4) is 0 Å². The molecule has 11 rings (SSSR count). The predicted octanol–water partition coefficient (Wildman–Crippen LogP) is 16.4. The Hall–Kier alpha value is -8.26. The van der Waals surface area contributed by atoms with Crippen molar-refractivity contribution < 1.29 is 0 Å². The third-order valence-electron chi connectivity index (χ3n) is 14.0. The number of benzene rings is 9. The standard InChI is InChI=1S/C62H48N4/c1-61(2)49-23-11-15-27-53(49)65(54-28-16-12-24-50(54)61)45-35-31-43(32-36-45)59-57(41-19-7-5-8-20-41)47(39-63)48(40-64)58(42-21-9-6-10-22-42)60(59)44-33-37-46(38-34-44)66-55-29-17-13-25-51(55)62(3,4)52-26-14-18-30-56(52)66/h5-39,63H,1-4H3. The molecule has 0 radical (unpaired) electrons. The fourth-order valence-electron chi connectivity index (χ4n) is 10.9. The molecule has 4 nitrogen and oxygen atoms in total. The van der Waals surface area contributed by atoms with E-state index in [1.807, 2.05) is 36.4 Å². The lowest BCUT2D eigenvalue weighted by molar-refractivity contribution is 0.632. The summed E-state index contributed by atoms with van der Waals surface area (Å²) in [7, 11) is 0. The molecule has 0 fully saturated rings. The largest absolute Gasteiger partial charge is 0.310 e. The molecule has 0 saturated heterocycles. The molecule has 0 amide bonds. The van der Waals surface area contributed by atoms with Crippen molar-refractivity contribution in [1.29, 1.82) is 10.7 Å². The van der Waals surface area contributed by atoms with E-state index in [9.17, 15) is 5.26 Å². The number of nitrogens with zero attached hydrogens (tertiary/aromatic N) is 3. The van der Waals surface area contributed by atoms with Gasteiger partial charge >= 0.3 is 0 Å². The molecule has 66 heavy (non-hydrogen) atoms. The smallest absolute Gasteiger partial charge is 0.101 e. The molecule has 4 heteroatoms. The first kappa shape index (κ1) is 40.5. The maximum Gasteiger partial charge on any atom is 0.101 e. The molecule has 2 aliphatic rings. The first-order valence-electron chi connectivity index (χ1n) is 22.7. The molecule has 9 aromatic carbocycles. The van der Waals surface area contributed by atoms with Crippen LogP contribution in [0.25, 0.3) is 44.5 Å². The Morgan fingerprint density at radius 1 is 0.379 bits per heavy atom. The van der Waals surface area contributed by atoms with Gasteiger partial charge in [0, 0.05) is 45.1 Å². The van der Waals surface area contributed by atoms with Crippen LogP contribution in [0, 0.1) is 16.7 Å². The molecule has 0 unspecified atom stereocenters. The van der Waals surface area contributed by atoms with Crippen molar-refractivity contribution in [3.63, 3.8) is 0 Å². The van der Waals surface area contributed by atoms with Crippen LogP contribution in [-0.4, -0.2) is 6.21 Å². The molecular weight excluding hydrogens is 801 g/mol. The number of hydrogen-bond acceptors (Lipinski definition) is 4. The first-order chi connectivity index (χ1) is 32.2. The second kappa shape index (κ2) is 15.8. The van der Waals surface area contributed by atoms with Gasteiger partial charge in [0.25, 0.3) is 0 Å². The van der Waals surface area contributed by atoms with Crippen LogP contribution in [0.2, 0.25) is 0 Å². The van der Waals surface area contributed by atoms with Gasteiger partial charge in [-0.05, 0) is 104 Å². The van der Waals surface area contributed by atoms with Gasteiger partial charge in [0.05, 0.1) is 28.3 Å². The zero-order chi connectivity index (χ0) is 45.2. The normalized spacial score (nSPS) is 14.0. The summed E-state index contributed by atoms with van der Waals surface area (Å²) >= 11 is 0. The summed E-state index contributed by atoms with van der Waals surface area (Å²) in [6.07, 6.45) is 1.37. The van der Waals surface area contributed by atoms with E-state index in [1.54, 1.807) is 0 Å². The van der Waals surface area contributed by atoms with Gasteiger partial charge in [-0.3, -0.25) is 0 Å². The monoisotopic (exact) mass is 848 g/mol. The summed E-state index contributed by atoms with van der Waals surface area (Å²) in [6, 6.07) is 75.7. The van der Waals surface area contributed by atoms with Gasteiger partial charge in [-0.25, -0.2) is 0 Å². The number of para-hydroxylation sites is 4. The van der Waals surface area contributed by atoms with Crippen molar-refractivity contribution in [3.05, 3.63) is 240 Å². The Labute approximate surface area is 387 Å². The molecule has 0 aliphatic carbocycles. The highest BCUT2D eigenvalue weighted by Crippen LogP contribution is 2.55. The minimum atomic E-state index is -0.172. The van der Waals surface area contributed by atoms with Crippen molar-refractivity contribution in [2.75, 3.05) is 9.80 Å². The van der Waals surface area contributed by atoms with Crippen LogP contribution in [0.5, 0.6) is 0 Å². The van der Waals surface area contributed by atoms with E-state index in [0.29, 0.717) is 11.1 Å². The zero-order valence-electron chi connectivity index (χ0n) is 37.5. The zero-order valence-corrected chi connectivity index (χ0v) is 37.5. The maximum absolute atomic E-state index is 11.3. The molecule has 0 saturated carbocycles. The van der Waals surface area contributed by atoms with Gasteiger partial charge in [0.15, 0.2) is 0 Å². The average Bonchev–Trinajstić information content (AvgIpc) is 3.37. The highest BCUT2D eigenvalue weighted by molar-refractivity contribution is 6.11. The SMILES string of the molecule is CC1(C)c2ccccc2N(c2ccc(-c3c(-c4ccccc4)c(C#N)c(C=N)c(-c4ccccc4)c3-c3ccc(N4c5ccccc5C(C)(C)c5ccccc54)cc3)cc2)c2ccccc21. The first-order valence-corrected chi connectivity index (χ1v) is 22.7. The minimum absolute atomic E-state index is 0.171. The summed E-state index contributed by atoms with van der Waals surface area (Å²) in [5.41, 5.74) is 20.0. The Balaban J connectivity index is 1.16. The number of hydrogen-bond donors (Lipinski definition) is 1. The molecule has 2 aliphatic heterocycles. The van der Waals surface area contributed by atoms with Gasteiger partial charge in [0.2, 0.25) is 0 Å². The van der Waals surface area contributed by atoms with E-state index in [1.165, 1.54) is 28.5 Å². The summed E-state index contributed by atoms with van der Waals surface area (Å²) in [6.45, 7) is 9.24. The van der Waals surface area contributed by atoms with Crippen LogP contribution in [0.15, 0.2) is 206 Å². The molecule has 2 heterocycles. The molecule has 0 bridgehead atoms. The fraction of sp³-hybridized carbons (Fsp3) is 0.0968. The van der Waals surface area contributed by atoms with E-state index in [0.717, 1.165) is 78.6 Å². The predicted molar refractivity (Wildman–Crippen MR) is 274 cm³/mol. The Kier molecular flexibility index (Phi) is 9.68. The third-order valence-corrected chi connectivity index (χ3v) is 14.0. The van der Waals surface area contributed by atoms with Gasteiger partial charge in [-0.1, -0.05) is 185 Å². The van der Waals surface area contributed by atoms with Gasteiger partial charge in [0.1, 0.15) is 6.07 Å². The van der Waals surface area contributed by atoms with Gasteiger partial charge in [-0.2, -0.15) is 5.26 Å². The van der Waals surface area contributed by atoms with E-state index < -0.39 is 0 Å². The number of anilines is 6. The van der Waals surface area contributed by atoms with E-state index >= 15 is 0 Å². The van der Waals surface area contributed by atoms with E-state index in [2.05, 4.69) is 213 Å². The maximum atomic E-state index is 11.3. The van der Waals surface area contributed by atoms with Crippen molar-refractivity contribution in [2.45, 2.75) is 38.5 Å². The summed E-state index contributed by atoms with van der Waals surface area (Å²) < 4.78 is 0. The highest BCUT2D eigenvalue weighted by atomic mass is 15.2. The molecule has 0 spiro atoms. The molecule has 0 atom stereocenters. The lowest BCUT2D eigenvalue weighted by Gasteiger charge is -2.42. The minimum Gasteiger partial charge on any atom is -0.310 e. The quantitative estimate of drug-likeness (QED) is 0.163. The average molecular weight is 849 g/mol. The Morgan fingerprint density at radius 3 is 1.03 bits per heavy atom. The molecular formula is C62H48N4. The van der Waals surface area contributed by atoms with E-state index in [4.69, 9.17) is 5.41 Å². The second-order valence-electron chi connectivity index (χ2n) is 18.4. The highest BCUT2D eigenvalue weighted by Gasteiger charge is 2.38. The van der Waals surface area contributed by atoms with Crippen LogP contribution in [-0.2, 0) is 10.8 Å².